The van der Waals surface area contributed by atoms with Crippen molar-refractivity contribution in [1.29, 1.82) is 0 Å². The number of rotatable bonds is 9. The lowest BCUT2D eigenvalue weighted by Crippen LogP contribution is -2.30. The Morgan fingerprint density at radius 3 is 2.68 bits per heavy atom. The van der Waals surface area contributed by atoms with Crippen molar-refractivity contribution in [2.45, 2.75) is 38.0 Å². The summed E-state index contributed by atoms with van der Waals surface area (Å²) in [5.41, 5.74) is 4.30. The molecule has 182 valence electrons. The summed E-state index contributed by atoms with van der Waals surface area (Å²) in [5.74, 6) is 0.365. The summed E-state index contributed by atoms with van der Waals surface area (Å²) in [6.45, 7) is 6.73. The molecule has 2 aliphatic rings. The van der Waals surface area contributed by atoms with Crippen LogP contribution in [0.1, 0.15) is 24.5 Å². The molecule has 0 spiro atoms. The molecule has 0 aliphatic carbocycles. The second-order valence-corrected chi connectivity index (χ2v) is 12.2. The zero-order chi connectivity index (χ0) is 24.1. The lowest BCUT2D eigenvalue weighted by molar-refractivity contribution is -0.120. The molecule has 0 bridgehead atoms. The number of nitrogens with one attached hydrogen (secondary N) is 2. The Kier molecular flexibility index (Phi) is 7.83. The fourth-order valence-electron chi connectivity index (χ4n) is 4.29. The number of anilines is 2. The van der Waals surface area contributed by atoms with Crippen molar-refractivity contribution in [1.82, 2.24) is 5.32 Å². The van der Waals surface area contributed by atoms with E-state index in [0.717, 1.165) is 35.9 Å². The quantitative estimate of drug-likeness (QED) is 0.514. The van der Waals surface area contributed by atoms with Crippen molar-refractivity contribution < 1.29 is 13.2 Å². The normalized spacial score (nSPS) is 20.5. The number of benzene rings is 2. The average molecular weight is 501 g/mol. The standard InChI is InChI=1S/C25H32N4O3S2/c1-3-29(21-7-4-6-18(2)14-21)13-5-12-26-24(30)15-19-8-10-20(11-9-19)27-25-28-22-16-34(31,32)17-23(22)33-25/h4,6-11,14,22-23H,3,5,12-13,15-17H2,1-2H3,(H,26,30)(H,27,28)/t22-,23-/m0/s1. The van der Waals surface area contributed by atoms with Gasteiger partial charge in [0.1, 0.15) is 0 Å². The van der Waals surface area contributed by atoms with E-state index in [1.54, 1.807) is 0 Å². The van der Waals surface area contributed by atoms with Crippen LogP contribution in [0.3, 0.4) is 0 Å². The number of carbonyl (C=O) groups excluding carboxylic acids is 1. The Labute approximate surface area is 206 Å². The summed E-state index contributed by atoms with van der Waals surface area (Å²) in [6.07, 6.45) is 1.23. The maximum absolute atomic E-state index is 12.4. The topological polar surface area (TPSA) is 90.9 Å². The van der Waals surface area contributed by atoms with Crippen molar-refractivity contribution >= 4 is 44.0 Å². The molecule has 1 amide bonds. The molecule has 1 saturated heterocycles. The summed E-state index contributed by atoms with van der Waals surface area (Å²) < 4.78 is 23.4. The molecule has 2 N–H and O–H groups in total. The Morgan fingerprint density at radius 1 is 1.18 bits per heavy atom. The number of amidine groups is 1. The van der Waals surface area contributed by atoms with Crippen molar-refractivity contribution in [2.24, 2.45) is 4.99 Å². The van der Waals surface area contributed by atoms with Crippen LogP contribution in [0.15, 0.2) is 53.5 Å². The maximum Gasteiger partial charge on any atom is 0.224 e. The molecule has 0 radical (unpaired) electrons. The number of aliphatic imine (C=N–C) groups is 1. The number of fused-ring (bicyclic) bond motifs is 1. The Morgan fingerprint density at radius 2 is 1.97 bits per heavy atom. The van der Waals surface area contributed by atoms with Crippen molar-refractivity contribution in [3.05, 3.63) is 59.7 Å². The first-order chi connectivity index (χ1) is 16.3. The van der Waals surface area contributed by atoms with E-state index < -0.39 is 9.84 Å². The number of hydrogen-bond donors (Lipinski definition) is 2. The number of sulfone groups is 1. The minimum absolute atomic E-state index is 0.0177. The van der Waals surface area contributed by atoms with Crippen molar-refractivity contribution in [3.8, 4) is 0 Å². The molecule has 2 aromatic carbocycles. The van der Waals surface area contributed by atoms with Gasteiger partial charge in [0.05, 0.1) is 24.0 Å². The minimum Gasteiger partial charge on any atom is -0.372 e. The van der Waals surface area contributed by atoms with Gasteiger partial charge in [0.2, 0.25) is 5.91 Å². The van der Waals surface area contributed by atoms with E-state index in [0.29, 0.717) is 13.0 Å². The molecule has 0 unspecified atom stereocenters. The number of aryl methyl sites for hydroxylation is 1. The lowest BCUT2D eigenvalue weighted by atomic mass is 10.1. The second-order valence-electron chi connectivity index (χ2n) is 8.86. The van der Waals surface area contributed by atoms with Gasteiger partial charge in [0.25, 0.3) is 0 Å². The van der Waals surface area contributed by atoms with Gasteiger partial charge >= 0.3 is 0 Å². The van der Waals surface area contributed by atoms with Crippen LogP contribution < -0.4 is 15.5 Å². The van der Waals surface area contributed by atoms with E-state index in [-0.39, 0.29) is 28.7 Å². The highest BCUT2D eigenvalue weighted by atomic mass is 32.2. The molecule has 2 aromatic rings. The van der Waals surface area contributed by atoms with Crippen LogP contribution in [0.4, 0.5) is 11.4 Å². The van der Waals surface area contributed by atoms with E-state index >= 15 is 0 Å². The molecule has 34 heavy (non-hydrogen) atoms. The molecule has 2 aliphatic heterocycles. The van der Waals surface area contributed by atoms with Crippen LogP contribution in [-0.4, -0.2) is 61.9 Å². The third-order valence-electron chi connectivity index (χ3n) is 6.06. The summed E-state index contributed by atoms with van der Waals surface area (Å²) >= 11 is 1.50. The van der Waals surface area contributed by atoms with Gasteiger partial charge in [-0.1, -0.05) is 36.0 Å². The highest BCUT2D eigenvalue weighted by molar-refractivity contribution is 8.15. The molecule has 0 saturated carbocycles. The van der Waals surface area contributed by atoms with Crippen molar-refractivity contribution in [3.63, 3.8) is 0 Å². The molecular weight excluding hydrogens is 468 g/mol. The lowest BCUT2D eigenvalue weighted by Gasteiger charge is -2.23. The average Bonchev–Trinajstić information content (AvgIpc) is 3.27. The van der Waals surface area contributed by atoms with Gasteiger partial charge in [-0.05, 0) is 55.7 Å². The third kappa shape index (κ3) is 6.54. The summed E-state index contributed by atoms with van der Waals surface area (Å²) in [4.78, 5) is 19.2. The van der Waals surface area contributed by atoms with E-state index in [9.17, 15) is 13.2 Å². The maximum atomic E-state index is 12.4. The van der Waals surface area contributed by atoms with E-state index in [2.05, 4.69) is 58.6 Å². The molecule has 0 aromatic heterocycles. The summed E-state index contributed by atoms with van der Waals surface area (Å²) in [6, 6.07) is 16.1. The van der Waals surface area contributed by atoms with Gasteiger partial charge in [-0.15, -0.1) is 0 Å². The molecule has 1 fully saturated rings. The van der Waals surface area contributed by atoms with Crippen molar-refractivity contribution in [2.75, 3.05) is 41.4 Å². The zero-order valence-electron chi connectivity index (χ0n) is 19.7. The molecular formula is C25H32N4O3S2. The van der Waals surface area contributed by atoms with Gasteiger partial charge in [0, 0.05) is 36.3 Å². The SMILES string of the molecule is CCN(CCCNC(=O)Cc1ccc(NC2=N[C@H]3CS(=O)(=O)C[C@@H]3S2)cc1)c1cccc(C)c1. The van der Waals surface area contributed by atoms with Crippen LogP contribution in [0, 0.1) is 6.92 Å². The predicted molar refractivity (Wildman–Crippen MR) is 142 cm³/mol. The second kappa shape index (κ2) is 10.8. The third-order valence-corrected chi connectivity index (χ3v) is 9.21. The van der Waals surface area contributed by atoms with Crippen LogP contribution in [0.5, 0.6) is 0 Å². The molecule has 7 nitrogen and oxygen atoms in total. The highest BCUT2D eigenvalue weighted by Gasteiger charge is 2.42. The number of hydrogen-bond acceptors (Lipinski definition) is 7. The first-order valence-electron chi connectivity index (χ1n) is 11.7. The number of amides is 1. The molecule has 4 rings (SSSR count). The smallest absolute Gasteiger partial charge is 0.224 e. The number of nitrogens with zero attached hydrogens (tertiary/aromatic N) is 2. The highest BCUT2D eigenvalue weighted by Crippen LogP contribution is 2.34. The number of carbonyl (C=O) groups is 1. The zero-order valence-corrected chi connectivity index (χ0v) is 21.3. The van der Waals surface area contributed by atoms with E-state index in [1.807, 2.05) is 24.3 Å². The minimum atomic E-state index is -2.94. The summed E-state index contributed by atoms with van der Waals surface area (Å²) in [5, 5.41) is 7.08. The van der Waals surface area contributed by atoms with Gasteiger partial charge in [-0.25, -0.2) is 8.42 Å². The Balaban J connectivity index is 1.18. The van der Waals surface area contributed by atoms with Gasteiger partial charge < -0.3 is 15.5 Å². The molecule has 2 heterocycles. The Hall–Kier alpha value is -2.52. The fraction of sp³-hybridized carbons (Fsp3) is 0.440. The first kappa shape index (κ1) is 24.6. The van der Waals surface area contributed by atoms with Gasteiger partial charge in [-0.2, -0.15) is 0 Å². The van der Waals surface area contributed by atoms with Gasteiger partial charge in [0.15, 0.2) is 15.0 Å². The summed E-state index contributed by atoms with van der Waals surface area (Å²) in [7, 11) is -2.94. The first-order valence-corrected chi connectivity index (χ1v) is 14.4. The van der Waals surface area contributed by atoms with Crippen LogP contribution in [-0.2, 0) is 21.1 Å². The van der Waals surface area contributed by atoms with E-state index in [1.165, 1.54) is 23.0 Å². The van der Waals surface area contributed by atoms with Crippen LogP contribution in [0.25, 0.3) is 0 Å². The van der Waals surface area contributed by atoms with E-state index in [4.69, 9.17) is 0 Å². The molecule has 2 atom stereocenters. The Bertz CT molecular complexity index is 1150. The van der Waals surface area contributed by atoms with Gasteiger partial charge in [-0.3, -0.25) is 9.79 Å². The number of thioether (sulfide) groups is 1. The molecule has 9 heteroatoms. The predicted octanol–water partition coefficient (Wildman–Crippen LogP) is 3.25. The largest absolute Gasteiger partial charge is 0.372 e. The van der Waals surface area contributed by atoms with Crippen LogP contribution in [0.2, 0.25) is 0 Å². The fourth-order valence-corrected chi connectivity index (χ4v) is 7.96. The monoisotopic (exact) mass is 500 g/mol. The van der Waals surface area contributed by atoms with Crippen LogP contribution >= 0.6 is 11.8 Å².